The van der Waals surface area contributed by atoms with Gasteiger partial charge in [-0.2, -0.15) is 5.26 Å². The summed E-state index contributed by atoms with van der Waals surface area (Å²) in [7, 11) is 1.89. The predicted molar refractivity (Wildman–Crippen MR) is 122 cm³/mol. The third-order valence-electron chi connectivity index (χ3n) is 8.53. The molecule has 31 heavy (non-hydrogen) atoms. The molecule has 2 unspecified atom stereocenters. The number of carbonyl (C=O) groups is 1. The van der Waals surface area contributed by atoms with Crippen LogP contribution >= 0.6 is 0 Å². The van der Waals surface area contributed by atoms with Gasteiger partial charge in [0.2, 0.25) is 5.91 Å². The van der Waals surface area contributed by atoms with Crippen molar-refractivity contribution in [2.24, 2.45) is 16.2 Å². The van der Waals surface area contributed by atoms with Crippen LogP contribution in [0.3, 0.4) is 0 Å². The van der Waals surface area contributed by atoms with Gasteiger partial charge in [0, 0.05) is 30.4 Å². The first kappa shape index (κ1) is 20.5. The maximum Gasteiger partial charge on any atom is 0.234 e. The van der Waals surface area contributed by atoms with Crippen LogP contribution in [0.5, 0.6) is 0 Å². The molecule has 1 amide bonds. The number of carbonyl (C=O) groups excluding carboxylic acids is 1. The molecular weight excluding hydrogens is 384 g/mol. The fourth-order valence-corrected chi connectivity index (χ4v) is 7.14. The van der Waals surface area contributed by atoms with Crippen LogP contribution in [0.2, 0.25) is 0 Å². The maximum atomic E-state index is 14.0. The lowest BCUT2D eigenvalue weighted by molar-refractivity contribution is -0.168. The number of nitriles is 1. The zero-order valence-electron chi connectivity index (χ0n) is 19.2. The maximum absolute atomic E-state index is 14.0. The molecule has 164 valence electrons. The molecule has 3 saturated carbocycles. The van der Waals surface area contributed by atoms with Gasteiger partial charge in [0.15, 0.2) is 0 Å². The molecule has 0 aromatic heterocycles. The van der Waals surface area contributed by atoms with Gasteiger partial charge in [0.25, 0.3) is 0 Å². The molecule has 3 aliphatic carbocycles. The zero-order chi connectivity index (χ0) is 22.2. The summed E-state index contributed by atoms with van der Waals surface area (Å²) in [6, 6.07) is 9.09. The predicted octanol–water partition coefficient (Wildman–Crippen LogP) is 5.07. The number of anilines is 1. The Labute approximate surface area is 185 Å². The molecule has 5 heteroatoms. The Balaban J connectivity index is 1.48. The van der Waals surface area contributed by atoms with Gasteiger partial charge in [-0.05, 0) is 81.8 Å². The molecule has 4 bridgehead atoms. The number of piperidine rings is 2. The van der Waals surface area contributed by atoms with Crippen molar-refractivity contribution in [1.82, 2.24) is 4.90 Å². The zero-order valence-corrected chi connectivity index (χ0v) is 19.2. The number of benzene rings is 1. The van der Waals surface area contributed by atoms with Crippen molar-refractivity contribution in [2.75, 3.05) is 12.4 Å². The molecule has 2 heterocycles. The minimum atomic E-state index is -0.910. The second kappa shape index (κ2) is 6.58. The van der Waals surface area contributed by atoms with Crippen molar-refractivity contribution >= 4 is 17.3 Å². The summed E-state index contributed by atoms with van der Waals surface area (Å²) in [5.41, 5.74) is 2.48. The lowest BCUT2D eigenvalue weighted by atomic mass is 9.50. The van der Waals surface area contributed by atoms with Crippen LogP contribution in [-0.4, -0.2) is 35.7 Å². The van der Waals surface area contributed by atoms with E-state index < -0.39 is 5.41 Å². The molecule has 2 aliphatic heterocycles. The SMILES string of the molecule is CNc1cccc(C2CC2)c1C(=N)C(C)(C)C(=O)N1C2CC3(C)CC1CC(C#N)(C2)C3. The topological polar surface area (TPSA) is 80.0 Å². The second-order valence-corrected chi connectivity index (χ2v) is 11.5. The first-order chi connectivity index (χ1) is 14.6. The number of rotatable bonds is 5. The molecule has 0 spiro atoms. The number of nitrogens with one attached hydrogen (secondary N) is 2. The molecule has 1 aromatic carbocycles. The van der Waals surface area contributed by atoms with Crippen LogP contribution < -0.4 is 5.32 Å². The van der Waals surface area contributed by atoms with E-state index >= 15 is 0 Å². The highest BCUT2D eigenvalue weighted by atomic mass is 16.2. The first-order valence-corrected chi connectivity index (χ1v) is 11.8. The highest BCUT2D eigenvalue weighted by molar-refractivity contribution is 6.17. The number of amides is 1. The molecule has 2 N–H and O–H groups in total. The highest BCUT2D eigenvalue weighted by Gasteiger charge is 2.61. The van der Waals surface area contributed by atoms with Crippen molar-refractivity contribution in [2.45, 2.75) is 83.7 Å². The Kier molecular flexibility index (Phi) is 4.36. The summed E-state index contributed by atoms with van der Waals surface area (Å²) in [6.45, 7) is 6.15. The van der Waals surface area contributed by atoms with E-state index in [4.69, 9.17) is 0 Å². The first-order valence-electron chi connectivity index (χ1n) is 11.8. The molecule has 2 atom stereocenters. The van der Waals surface area contributed by atoms with Gasteiger partial charge >= 0.3 is 0 Å². The second-order valence-electron chi connectivity index (χ2n) is 11.5. The molecule has 5 fully saturated rings. The fraction of sp³-hybridized carbons (Fsp3) is 0.654. The monoisotopic (exact) mass is 418 g/mol. The summed E-state index contributed by atoms with van der Waals surface area (Å²) in [6.07, 6.45) is 6.87. The average Bonchev–Trinajstić information content (AvgIpc) is 3.56. The molecule has 1 aromatic rings. The van der Waals surface area contributed by atoms with E-state index in [1.165, 1.54) is 5.56 Å². The van der Waals surface area contributed by atoms with E-state index in [0.29, 0.717) is 11.6 Å². The van der Waals surface area contributed by atoms with Gasteiger partial charge in [0.1, 0.15) is 0 Å². The van der Waals surface area contributed by atoms with E-state index in [2.05, 4.69) is 35.3 Å². The summed E-state index contributed by atoms with van der Waals surface area (Å²) >= 11 is 0. The van der Waals surface area contributed by atoms with Gasteiger partial charge in [0.05, 0.1) is 22.6 Å². The fourth-order valence-electron chi connectivity index (χ4n) is 7.14. The Morgan fingerprint density at radius 2 is 1.87 bits per heavy atom. The van der Waals surface area contributed by atoms with Crippen LogP contribution in [0.25, 0.3) is 0 Å². The standard InChI is InChI=1S/C26H34N4O/c1-24(2,22(28)21-19(16-8-9-16)6-5-7-20(21)29-4)23(31)30-17-10-25(3)11-18(30)13-26(12-17,14-25)15-27/h5-7,16-18,28-29H,8-14H2,1-4H3. The van der Waals surface area contributed by atoms with Crippen LogP contribution in [0.15, 0.2) is 18.2 Å². The minimum Gasteiger partial charge on any atom is -0.388 e. The van der Waals surface area contributed by atoms with Gasteiger partial charge in [-0.25, -0.2) is 0 Å². The van der Waals surface area contributed by atoms with Crippen LogP contribution in [0.1, 0.15) is 82.8 Å². The van der Waals surface area contributed by atoms with E-state index in [-0.39, 0.29) is 28.8 Å². The van der Waals surface area contributed by atoms with Crippen molar-refractivity contribution in [3.63, 3.8) is 0 Å². The van der Waals surface area contributed by atoms with Crippen LogP contribution in [0, 0.1) is 33.0 Å². The molecule has 6 rings (SSSR count). The Morgan fingerprint density at radius 1 is 1.23 bits per heavy atom. The van der Waals surface area contributed by atoms with Crippen LogP contribution in [-0.2, 0) is 4.79 Å². The minimum absolute atomic E-state index is 0.0654. The highest BCUT2D eigenvalue weighted by Crippen LogP contribution is 2.61. The van der Waals surface area contributed by atoms with E-state index in [1.807, 2.05) is 27.0 Å². The van der Waals surface area contributed by atoms with E-state index in [9.17, 15) is 15.5 Å². The van der Waals surface area contributed by atoms with Gasteiger partial charge in [-0.15, -0.1) is 0 Å². The molecule has 5 aliphatic rings. The Morgan fingerprint density at radius 3 is 2.42 bits per heavy atom. The number of hydrogen-bond acceptors (Lipinski definition) is 4. The van der Waals surface area contributed by atoms with Crippen molar-refractivity contribution < 1.29 is 4.79 Å². The average molecular weight is 419 g/mol. The smallest absolute Gasteiger partial charge is 0.234 e. The number of hydrogen-bond donors (Lipinski definition) is 2. The van der Waals surface area contributed by atoms with Gasteiger partial charge in [-0.1, -0.05) is 19.1 Å². The number of nitrogens with zero attached hydrogens (tertiary/aromatic N) is 2. The van der Waals surface area contributed by atoms with Gasteiger partial charge in [-0.3, -0.25) is 4.79 Å². The Bertz CT molecular complexity index is 983. The normalized spacial score (nSPS) is 33.8. The Hall–Kier alpha value is -2.35. The van der Waals surface area contributed by atoms with Crippen molar-refractivity contribution in [3.05, 3.63) is 29.3 Å². The molecular formula is C26H34N4O. The van der Waals surface area contributed by atoms with Crippen LogP contribution in [0.4, 0.5) is 5.69 Å². The summed E-state index contributed by atoms with van der Waals surface area (Å²) in [5.74, 6) is 0.571. The lowest BCUT2D eigenvalue weighted by Crippen LogP contribution is -2.67. The van der Waals surface area contributed by atoms with Crippen molar-refractivity contribution in [3.8, 4) is 6.07 Å². The van der Waals surface area contributed by atoms with Crippen molar-refractivity contribution in [1.29, 1.82) is 10.7 Å². The largest absolute Gasteiger partial charge is 0.388 e. The van der Waals surface area contributed by atoms with Gasteiger partial charge < -0.3 is 15.6 Å². The quantitative estimate of drug-likeness (QED) is 0.655. The van der Waals surface area contributed by atoms with E-state index in [0.717, 1.165) is 56.2 Å². The summed E-state index contributed by atoms with van der Waals surface area (Å²) in [5, 5.41) is 22.4. The molecule has 2 saturated heterocycles. The third kappa shape index (κ3) is 3.02. The lowest BCUT2D eigenvalue weighted by Gasteiger charge is -2.64. The van der Waals surface area contributed by atoms with E-state index in [1.54, 1.807) is 0 Å². The molecule has 5 nitrogen and oxygen atoms in total. The summed E-state index contributed by atoms with van der Waals surface area (Å²) in [4.78, 5) is 16.1. The third-order valence-corrected chi connectivity index (χ3v) is 8.53. The summed E-state index contributed by atoms with van der Waals surface area (Å²) < 4.78 is 0. The molecule has 0 radical (unpaired) electrons.